The molecule has 0 aliphatic heterocycles. The van der Waals surface area contributed by atoms with E-state index in [-0.39, 0.29) is 24.9 Å². The third-order valence-electron chi connectivity index (χ3n) is 2.00. The Labute approximate surface area is 106 Å². The van der Waals surface area contributed by atoms with E-state index in [1.165, 1.54) is 0 Å². The molecule has 1 aromatic carbocycles. The zero-order valence-electron chi connectivity index (χ0n) is 7.90. The molecule has 1 unspecified atom stereocenters. The van der Waals surface area contributed by atoms with Crippen molar-refractivity contribution >= 4 is 35.9 Å². The second-order valence-electron chi connectivity index (χ2n) is 2.95. The number of fused-ring (bicyclic) bond motifs is 1. The minimum absolute atomic E-state index is 0. The Kier molecular flexibility index (Phi) is 3.93. The van der Waals surface area contributed by atoms with Crippen LogP contribution in [-0.2, 0) is 19.5 Å². The Morgan fingerprint density at radius 3 is 2.71 bits per heavy atom. The molecule has 0 bridgehead atoms. The number of imidazole rings is 1. The number of hydrogen-bond acceptors (Lipinski definition) is 2. The molecule has 2 rings (SSSR count). The van der Waals surface area contributed by atoms with Crippen LogP contribution in [0.25, 0.3) is 11.0 Å². The number of nitrogens with one attached hydrogen (secondary N) is 1. The first-order valence-electron chi connectivity index (χ1n) is 4.07. The van der Waals surface area contributed by atoms with Gasteiger partial charge in [-0.25, -0.2) is 0 Å². The van der Waals surface area contributed by atoms with Gasteiger partial charge in [-0.1, -0.05) is 12.1 Å². The van der Waals surface area contributed by atoms with Gasteiger partial charge in [0.15, 0.2) is 4.77 Å². The molecule has 0 aliphatic carbocycles. The monoisotopic (exact) mass is 274 g/mol. The zero-order valence-corrected chi connectivity index (χ0v) is 12.6. The number of thiol groups is 1. The van der Waals surface area contributed by atoms with Gasteiger partial charge >= 0.3 is 19.5 Å². The predicted molar refractivity (Wildman–Crippen MR) is 60.8 cm³/mol. The van der Waals surface area contributed by atoms with Crippen molar-refractivity contribution in [2.75, 3.05) is 0 Å². The second-order valence-corrected chi connectivity index (χ2v) is 4.08. The summed E-state index contributed by atoms with van der Waals surface area (Å²) in [7, 11) is 0. The van der Waals surface area contributed by atoms with Crippen LogP contribution < -0.4 is 0 Å². The van der Waals surface area contributed by atoms with E-state index in [9.17, 15) is 0 Å². The molecule has 1 aromatic heterocycles. The van der Waals surface area contributed by atoms with Crippen LogP contribution in [0.1, 0.15) is 12.3 Å². The topological polar surface area (TPSA) is 20.7 Å². The maximum Gasteiger partial charge on any atom is 2.00 e. The summed E-state index contributed by atoms with van der Waals surface area (Å²) in [6.45, 7) is 2.00. The average molecular weight is 276 g/mol. The first-order chi connectivity index (χ1) is 6.20. The number of aromatic amines is 1. The molecule has 0 saturated carbocycles. The largest absolute Gasteiger partial charge is 2.00 e. The summed E-state index contributed by atoms with van der Waals surface area (Å²) in [5, 5.41) is 0.101. The van der Waals surface area contributed by atoms with Crippen molar-refractivity contribution in [3.8, 4) is 0 Å². The Morgan fingerprint density at radius 2 is 2.07 bits per heavy atom. The molecule has 0 radical (unpaired) electrons. The fourth-order valence-corrected chi connectivity index (χ4v) is 2.13. The third-order valence-corrected chi connectivity index (χ3v) is 2.53. The summed E-state index contributed by atoms with van der Waals surface area (Å²) in [6, 6.07) is 8.03. The van der Waals surface area contributed by atoms with E-state index < -0.39 is 0 Å². The Balaban J connectivity index is 0.000000980. The van der Waals surface area contributed by atoms with Crippen molar-refractivity contribution in [2.24, 2.45) is 0 Å². The Bertz CT molecular complexity index is 487. The van der Waals surface area contributed by atoms with E-state index in [0.29, 0.717) is 0 Å². The molecule has 0 aliphatic rings. The molecular weight excluding hydrogens is 266 g/mol. The van der Waals surface area contributed by atoms with Crippen LogP contribution in [0.3, 0.4) is 0 Å². The van der Waals surface area contributed by atoms with Crippen molar-refractivity contribution < 1.29 is 19.5 Å². The molecule has 1 N–H and O–H groups in total. The van der Waals surface area contributed by atoms with Crippen LogP contribution >= 0.6 is 24.8 Å². The van der Waals surface area contributed by atoms with E-state index in [4.69, 9.17) is 12.2 Å². The van der Waals surface area contributed by atoms with Crippen molar-refractivity contribution in [3.05, 3.63) is 29.0 Å². The van der Waals surface area contributed by atoms with Crippen LogP contribution in [0.5, 0.6) is 0 Å². The average Bonchev–Trinajstić information content (AvgIpc) is 2.39. The van der Waals surface area contributed by atoms with Gasteiger partial charge in [0, 0.05) is 0 Å². The predicted octanol–water partition coefficient (Wildman–Crippen LogP) is 3.14. The third kappa shape index (κ3) is 1.95. The van der Waals surface area contributed by atoms with Crippen molar-refractivity contribution in [2.45, 2.75) is 12.3 Å². The molecule has 1 heterocycles. The minimum atomic E-state index is 0. The van der Waals surface area contributed by atoms with Gasteiger partial charge in [-0.3, -0.25) is 0 Å². The SMILES string of the molecule is CC(S)n1c(=S)[nH]c2ccccc21.[Zn+2]. The van der Waals surface area contributed by atoms with Crippen molar-refractivity contribution in [1.29, 1.82) is 0 Å². The molecule has 5 heteroatoms. The molecule has 2 nitrogen and oxygen atoms in total. The first kappa shape index (κ1) is 12.0. The van der Waals surface area contributed by atoms with E-state index in [1.54, 1.807) is 0 Å². The molecule has 0 spiro atoms. The van der Waals surface area contributed by atoms with Gasteiger partial charge in [0.1, 0.15) is 0 Å². The molecule has 2 aromatic rings. The Hall–Kier alpha value is -0.117. The van der Waals surface area contributed by atoms with Crippen LogP contribution in [-0.4, -0.2) is 9.55 Å². The number of nitrogens with zero attached hydrogens (tertiary/aromatic N) is 1. The second kappa shape index (κ2) is 4.60. The summed E-state index contributed by atoms with van der Waals surface area (Å²) in [6.07, 6.45) is 0. The fraction of sp³-hybridized carbons (Fsp3) is 0.222. The number of H-pyrrole nitrogens is 1. The van der Waals surface area contributed by atoms with Gasteiger partial charge in [0.05, 0.1) is 16.4 Å². The quantitative estimate of drug-likeness (QED) is 0.466. The summed E-state index contributed by atoms with van der Waals surface area (Å²) in [4.78, 5) is 3.14. The molecule has 68 valence electrons. The van der Waals surface area contributed by atoms with Gasteiger partial charge in [-0.15, -0.1) is 0 Å². The summed E-state index contributed by atoms with van der Waals surface area (Å²) >= 11 is 9.56. The van der Waals surface area contributed by atoms with Gasteiger partial charge in [-0.2, -0.15) is 12.6 Å². The van der Waals surface area contributed by atoms with Crippen molar-refractivity contribution in [1.82, 2.24) is 9.55 Å². The number of aromatic nitrogens is 2. The van der Waals surface area contributed by atoms with E-state index in [1.807, 2.05) is 35.8 Å². The summed E-state index contributed by atoms with van der Waals surface area (Å²) in [5.74, 6) is 0. The summed E-state index contributed by atoms with van der Waals surface area (Å²) < 4.78 is 2.72. The molecule has 0 saturated heterocycles. The van der Waals surface area contributed by atoms with Crippen LogP contribution in [0, 0.1) is 4.77 Å². The molecule has 0 fully saturated rings. The number of benzene rings is 1. The number of hydrogen-bond donors (Lipinski definition) is 2. The minimum Gasteiger partial charge on any atom is -0.331 e. The zero-order chi connectivity index (χ0) is 9.42. The molecule has 14 heavy (non-hydrogen) atoms. The van der Waals surface area contributed by atoms with Crippen LogP contribution in [0.2, 0.25) is 0 Å². The van der Waals surface area contributed by atoms with Gasteiger partial charge in [0.25, 0.3) is 0 Å². The van der Waals surface area contributed by atoms with E-state index >= 15 is 0 Å². The van der Waals surface area contributed by atoms with Crippen LogP contribution in [0.15, 0.2) is 24.3 Å². The van der Waals surface area contributed by atoms with Gasteiger partial charge < -0.3 is 9.55 Å². The normalized spacial score (nSPS) is 12.4. The fourth-order valence-electron chi connectivity index (χ4n) is 1.45. The van der Waals surface area contributed by atoms with Gasteiger partial charge in [0.2, 0.25) is 0 Å². The van der Waals surface area contributed by atoms with E-state index in [2.05, 4.69) is 17.6 Å². The number of para-hydroxylation sites is 2. The molecule has 0 amide bonds. The molecule has 1 atom stereocenters. The number of rotatable bonds is 1. The maximum atomic E-state index is 5.19. The molecular formula is C9H10N2S2Zn+2. The first-order valence-corrected chi connectivity index (χ1v) is 5.00. The van der Waals surface area contributed by atoms with Crippen LogP contribution in [0.4, 0.5) is 0 Å². The van der Waals surface area contributed by atoms with Gasteiger partial charge in [-0.05, 0) is 31.3 Å². The smallest absolute Gasteiger partial charge is 0.331 e. The standard InChI is InChI=1S/C9H10N2S2.Zn/c1-6(12)11-8-5-3-2-4-7(8)10-9(11)13;/h2-6,12H,1H3,(H,10,13);/q;+2. The van der Waals surface area contributed by atoms with E-state index in [0.717, 1.165) is 15.8 Å². The maximum absolute atomic E-state index is 5.19. The Morgan fingerprint density at radius 1 is 1.43 bits per heavy atom. The summed E-state index contributed by atoms with van der Waals surface area (Å²) in [5.41, 5.74) is 2.17. The van der Waals surface area contributed by atoms with Crippen molar-refractivity contribution in [3.63, 3.8) is 0 Å².